The molecule has 1 rings (SSSR count). The molecule has 0 bridgehead atoms. The van der Waals surface area contributed by atoms with Gasteiger partial charge in [-0.2, -0.15) is 0 Å². The summed E-state index contributed by atoms with van der Waals surface area (Å²) in [5, 5.41) is 9.61. The highest BCUT2D eigenvalue weighted by molar-refractivity contribution is 5.78. The van der Waals surface area contributed by atoms with Crippen molar-refractivity contribution < 1.29 is 14.6 Å². The van der Waals surface area contributed by atoms with E-state index in [2.05, 4.69) is 6.58 Å². The van der Waals surface area contributed by atoms with Gasteiger partial charge in [0.05, 0.1) is 6.61 Å². The van der Waals surface area contributed by atoms with Crippen molar-refractivity contribution >= 4 is 11.5 Å². The number of aliphatic hydroxyl groups is 1. The number of esters is 1. The lowest BCUT2D eigenvalue weighted by molar-refractivity contribution is -0.152. The van der Waals surface area contributed by atoms with E-state index in [1.807, 2.05) is 31.2 Å². The molecule has 1 N–H and O–H groups in total. The van der Waals surface area contributed by atoms with Gasteiger partial charge in [0.15, 0.2) is 6.10 Å². The highest BCUT2D eigenvalue weighted by Crippen LogP contribution is 2.19. The van der Waals surface area contributed by atoms with Crippen LogP contribution in [-0.2, 0) is 9.53 Å². The molecule has 3 nitrogen and oxygen atoms in total. The van der Waals surface area contributed by atoms with Crippen LogP contribution in [0.15, 0.2) is 30.8 Å². The minimum atomic E-state index is -1.14. The van der Waals surface area contributed by atoms with Crippen LogP contribution in [0.25, 0.3) is 5.57 Å². The fourth-order valence-corrected chi connectivity index (χ4v) is 1.54. The quantitative estimate of drug-likeness (QED) is 0.795. The molecule has 0 radical (unpaired) electrons. The third kappa shape index (κ3) is 4.04. The number of hydrogen-bond donors (Lipinski definition) is 1. The molecule has 0 unspecified atom stereocenters. The monoisotopic (exact) mass is 234 g/mol. The standard InChI is InChI=1S/C14H18O3/c1-4-17-14(16)13(15)9-11(3)12-7-5-6-10(2)8-12/h5-8,13,15H,3-4,9H2,1-2H3/t13-/m0/s1. The smallest absolute Gasteiger partial charge is 0.335 e. The zero-order valence-corrected chi connectivity index (χ0v) is 10.3. The highest BCUT2D eigenvalue weighted by atomic mass is 16.5. The first-order valence-electron chi connectivity index (χ1n) is 5.64. The SMILES string of the molecule is C=C(C[C@H](O)C(=O)OCC)c1cccc(C)c1. The number of rotatable bonds is 5. The zero-order chi connectivity index (χ0) is 12.8. The number of carbonyl (C=O) groups is 1. The van der Waals surface area contributed by atoms with Crippen molar-refractivity contribution in [1.29, 1.82) is 0 Å². The maximum Gasteiger partial charge on any atom is 0.335 e. The lowest BCUT2D eigenvalue weighted by Gasteiger charge is -2.12. The maximum atomic E-state index is 11.3. The van der Waals surface area contributed by atoms with Gasteiger partial charge in [0.1, 0.15) is 0 Å². The number of aryl methyl sites for hydroxylation is 1. The van der Waals surface area contributed by atoms with E-state index in [4.69, 9.17) is 4.74 Å². The van der Waals surface area contributed by atoms with Gasteiger partial charge < -0.3 is 9.84 Å². The molecule has 0 fully saturated rings. The van der Waals surface area contributed by atoms with E-state index >= 15 is 0 Å². The summed E-state index contributed by atoms with van der Waals surface area (Å²) in [6.07, 6.45) is -0.939. The highest BCUT2D eigenvalue weighted by Gasteiger charge is 2.17. The molecule has 0 saturated heterocycles. The van der Waals surface area contributed by atoms with E-state index in [-0.39, 0.29) is 13.0 Å². The number of ether oxygens (including phenoxy) is 1. The predicted octanol–water partition coefficient (Wildman–Crippen LogP) is 2.32. The van der Waals surface area contributed by atoms with Crippen molar-refractivity contribution in [3.8, 4) is 0 Å². The van der Waals surface area contributed by atoms with Crippen LogP contribution < -0.4 is 0 Å². The van der Waals surface area contributed by atoms with Gasteiger partial charge in [-0.1, -0.05) is 36.4 Å². The van der Waals surface area contributed by atoms with Gasteiger partial charge in [-0.05, 0) is 25.0 Å². The Morgan fingerprint density at radius 2 is 2.24 bits per heavy atom. The van der Waals surface area contributed by atoms with Crippen molar-refractivity contribution in [2.75, 3.05) is 6.61 Å². The molecule has 0 amide bonds. The van der Waals surface area contributed by atoms with E-state index in [0.717, 1.165) is 16.7 Å². The topological polar surface area (TPSA) is 46.5 Å². The number of benzene rings is 1. The molecule has 1 aromatic carbocycles. The van der Waals surface area contributed by atoms with Gasteiger partial charge in [-0.15, -0.1) is 0 Å². The molecule has 0 aliphatic heterocycles. The maximum absolute atomic E-state index is 11.3. The fourth-order valence-electron chi connectivity index (χ4n) is 1.54. The van der Waals surface area contributed by atoms with Crippen LogP contribution in [0.1, 0.15) is 24.5 Å². The number of aliphatic hydroxyl groups excluding tert-OH is 1. The van der Waals surface area contributed by atoms with Gasteiger partial charge in [-0.25, -0.2) is 4.79 Å². The summed E-state index contributed by atoms with van der Waals surface area (Å²) in [5.41, 5.74) is 2.79. The zero-order valence-electron chi connectivity index (χ0n) is 10.3. The molecule has 1 aromatic rings. The van der Waals surface area contributed by atoms with Crippen molar-refractivity contribution in [2.45, 2.75) is 26.4 Å². The lowest BCUT2D eigenvalue weighted by atomic mass is 10.00. The minimum absolute atomic E-state index is 0.197. The van der Waals surface area contributed by atoms with Gasteiger partial charge in [0.25, 0.3) is 0 Å². The second-order valence-corrected chi connectivity index (χ2v) is 3.95. The number of hydrogen-bond acceptors (Lipinski definition) is 3. The Labute approximate surface area is 102 Å². The molecule has 0 saturated carbocycles. The van der Waals surface area contributed by atoms with Gasteiger partial charge in [-0.3, -0.25) is 0 Å². The summed E-state index contributed by atoms with van der Waals surface area (Å²) < 4.78 is 4.73. The van der Waals surface area contributed by atoms with Gasteiger partial charge in [0.2, 0.25) is 0 Å². The van der Waals surface area contributed by atoms with E-state index in [0.29, 0.717) is 0 Å². The Hall–Kier alpha value is -1.61. The van der Waals surface area contributed by atoms with E-state index in [1.165, 1.54) is 0 Å². The summed E-state index contributed by atoms with van der Waals surface area (Å²) in [6, 6.07) is 7.79. The molecule has 0 spiro atoms. The lowest BCUT2D eigenvalue weighted by Crippen LogP contribution is -2.23. The second kappa shape index (κ2) is 6.21. The van der Waals surface area contributed by atoms with Crippen molar-refractivity contribution in [3.63, 3.8) is 0 Å². The van der Waals surface area contributed by atoms with Crippen LogP contribution in [0.3, 0.4) is 0 Å². The predicted molar refractivity (Wildman–Crippen MR) is 67.5 cm³/mol. The molecule has 3 heteroatoms. The third-order valence-electron chi connectivity index (χ3n) is 2.42. The number of carbonyl (C=O) groups excluding carboxylic acids is 1. The minimum Gasteiger partial charge on any atom is -0.464 e. The first-order chi connectivity index (χ1) is 8.04. The molecule has 1 atom stereocenters. The van der Waals surface area contributed by atoms with Crippen LogP contribution in [0, 0.1) is 6.92 Å². The molecule has 17 heavy (non-hydrogen) atoms. The first-order valence-corrected chi connectivity index (χ1v) is 5.64. The molecular formula is C14H18O3. The Bertz CT molecular complexity index is 410. The van der Waals surface area contributed by atoms with Crippen LogP contribution in [0.4, 0.5) is 0 Å². The normalized spacial score (nSPS) is 11.9. The summed E-state index contributed by atoms with van der Waals surface area (Å²) in [4.78, 5) is 11.3. The van der Waals surface area contributed by atoms with E-state index in [9.17, 15) is 9.90 Å². The van der Waals surface area contributed by atoms with E-state index in [1.54, 1.807) is 6.92 Å². The fraction of sp³-hybridized carbons (Fsp3) is 0.357. The van der Waals surface area contributed by atoms with Gasteiger partial charge >= 0.3 is 5.97 Å². The first kappa shape index (κ1) is 13.5. The second-order valence-electron chi connectivity index (χ2n) is 3.95. The summed E-state index contributed by atoms with van der Waals surface area (Å²) in [6.45, 7) is 7.84. The molecule has 0 aliphatic rings. The molecule has 0 aliphatic carbocycles. The Morgan fingerprint density at radius 1 is 1.53 bits per heavy atom. The average Bonchev–Trinajstić information content (AvgIpc) is 2.29. The van der Waals surface area contributed by atoms with Crippen molar-refractivity contribution in [3.05, 3.63) is 42.0 Å². The molecule has 0 heterocycles. The molecule has 0 aromatic heterocycles. The van der Waals surface area contributed by atoms with Crippen LogP contribution in [-0.4, -0.2) is 23.8 Å². The van der Waals surface area contributed by atoms with Crippen LogP contribution in [0.2, 0.25) is 0 Å². The van der Waals surface area contributed by atoms with Gasteiger partial charge in [0, 0.05) is 6.42 Å². The Morgan fingerprint density at radius 3 is 2.82 bits per heavy atom. The van der Waals surface area contributed by atoms with E-state index < -0.39 is 12.1 Å². The summed E-state index contributed by atoms with van der Waals surface area (Å²) >= 11 is 0. The Kier molecular flexibility index (Phi) is 4.91. The van der Waals surface area contributed by atoms with Crippen molar-refractivity contribution in [2.24, 2.45) is 0 Å². The average molecular weight is 234 g/mol. The van der Waals surface area contributed by atoms with Crippen LogP contribution in [0.5, 0.6) is 0 Å². The van der Waals surface area contributed by atoms with Crippen LogP contribution >= 0.6 is 0 Å². The summed E-state index contributed by atoms with van der Waals surface area (Å²) in [5.74, 6) is -0.596. The third-order valence-corrected chi connectivity index (χ3v) is 2.42. The Balaban J connectivity index is 2.63. The van der Waals surface area contributed by atoms with Crippen molar-refractivity contribution in [1.82, 2.24) is 0 Å². The molecule has 92 valence electrons. The summed E-state index contributed by atoms with van der Waals surface area (Å²) in [7, 11) is 0. The largest absolute Gasteiger partial charge is 0.464 e. The molecular weight excluding hydrogens is 216 g/mol.